The Bertz CT molecular complexity index is 1050. The summed E-state index contributed by atoms with van der Waals surface area (Å²) in [5, 5.41) is 8.42. The first-order valence-corrected chi connectivity index (χ1v) is 10.9. The molecule has 162 valence electrons. The first-order valence-electron chi connectivity index (χ1n) is 10.5. The highest BCUT2D eigenvalue weighted by Crippen LogP contribution is 2.19. The summed E-state index contributed by atoms with van der Waals surface area (Å²) in [6, 6.07) is 16.8. The third-order valence-electron chi connectivity index (χ3n) is 4.73. The van der Waals surface area contributed by atoms with E-state index in [1.807, 2.05) is 42.5 Å². The minimum atomic E-state index is -0.417. The maximum absolute atomic E-state index is 12.5. The van der Waals surface area contributed by atoms with Crippen LogP contribution in [0.2, 0.25) is 5.02 Å². The first-order chi connectivity index (χ1) is 15.2. The Kier molecular flexibility index (Phi) is 8.67. The average Bonchev–Trinajstić information content (AvgIpc) is 2.80. The van der Waals surface area contributed by atoms with Crippen LogP contribution in [0.1, 0.15) is 44.6 Å². The van der Waals surface area contributed by atoms with E-state index in [0.717, 1.165) is 17.7 Å². The normalized spacial score (nSPS) is 11.0. The van der Waals surface area contributed by atoms with Crippen molar-refractivity contribution in [2.75, 3.05) is 12.0 Å². The van der Waals surface area contributed by atoms with E-state index in [9.17, 15) is 4.79 Å². The van der Waals surface area contributed by atoms with Gasteiger partial charge in [-0.3, -0.25) is 10.2 Å². The van der Waals surface area contributed by atoms with Crippen LogP contribution >= 0.6 is 11.6 Å². The Labute approximate surface area is 187 Å². The summed E-state index contributed by atoms with van der Waals surface area (Å²) < 4.78 is 7.17. The number of para-hydroxylation sites is 2. The van der Waals surface area contributed by atoms with Crippen LogP contribution in [-0.2, 0) is 0 Å². The molecular weight excluding hydrogens is 412 g/mol. The van der Waals surface area contributed by atoms with Crippen LogP contribution < -0.4 is 15.7 Å². The topological polar surface area (TPSA) is 68.5 Å². The molecule has 0 aliphatic heterocycles. The van der Waals surface area contributed by atoms with Crippen LogP contribution in [0.15, 0.2) is 70.7 Å². The van der Waals surface area contributed by atoms with E-state index in [4.69, 9.17) is 16.3 Å². The quantitative estimate of drug-likeness (QED) is 0.237. The van der Waals surface area contributed by atoms with Crippen molar-refractivity contribution in [1.29, 1.82) is 0 Å². The summed E-state index contributed by atoms with van der Waals surface area (Å²) in [5.41, 5.74) is 4.21. The molecule has 7 heteroatoms. The lowest BCUT2D eigenvalue weighted by Crippen LogP contribution is -2.22. The van der Waals surface area contributed by atoms with Gasteiger partial charge < -0.3 is 4.74 Å². The van der Waals surface area contributed by atoms with Gasteiger partial charge in [0, 0.05) is 5.56 Å². The number of aromatic nitrogens is 2. The summed E-state index contributed by atoms with van der Waals surface area (Å²) in [6.45, 7) is 2.88. The van der Waals surface area contributed by atoms with Crippen molar-refractivity contribution in [2.24, 2.45) is 5.10 Å². The van der Waals surface area contributed by atoms with E-state index in [-0.39, 0.29) is 5.02 Å². The van der Waals surface area contributed by atoms with E-state index in [0.29, 0.717) is 18.0 Å². The number of hydrogen-bond acceptors (Lipinski definition) is 5. The van der Waals surface area contributed by atoms with Crippen molar-refractivity contribution in [1.82, 2.24) is 9.78 Å². The predicted octanol–water partition coefficient (Wildman–Crippen LogP) is 5.68. The molecule has 0 saturated heterocycles. The second-order valence-electron chi connectivity index (χ2n) is 7.10. The number of rotatable bonds is 11. The molecule has 0 aliphatic carbocycles. The molecule has 3 rings (SSSR count). The molecule has 0 bridgehead atoms. The number of unbranched alkanes of at least 4 members (excludes halogenated alkanes) is 4. The number of hydrazone groups is 1. The molecule has 0 aliphatic rings. The molecule has 0 atom stereocenters. The molecule has 31 heavy (non-hydrogen) atoms. The number of anilines is 1. The molecule has 0 radical (unpaired) electrons. The van der Waals surface area contributed by atoms with Crippen molar-refractivity contribution >= 4 is 23.5 Å². The largest absolute Gasteiger partial charge is 0.493 e. The van der Waals surface area contributed by atoms with Crippen LogP contribution in [0.5, 0.6) is 5.75 Å². The second-order valence-corrected chi connectivity index (χ2v) is 7.47. The molecule has 0 unspecified atom stereocenters. The molecule has 0 spiro atoms. The number of nitrogens with zero attached hydrogens (tertiary/aromatic N) is 3. The monoisotopic (exact) mass is 438 g/mol. The molecule has 1 N–H and O–H groups in total. The highest BCUT2D eigenvalue weighted by atomic mass is 35.5. The van der Waals surface area contributed by atoms with Crippen LogP contribution in [0, 0.1) is 0 Å². The van der Waals surface area contributed by atoms with Gasteiger partial charge in [-0.05, 0) is 30.7 Å². The minimum absolute atomic E-state index is 0.0209. The summed E-state index contributed by atoms with van der Waals surface area (Å²) in [7, 11) is 0. The van der Waals surface area contributed by atoms with E-state index >= 15 is 0 Å². The van der Waals surface area contributed by atoms with Gasteiger partial charge in [0.1, 0.15) is 16.5 Å². The van der Waals surface area contributed by atoms with Crippen molar-refractivity contribution in [3.63, 3.8) is 0 Å². The van der Waals surface area contributed by atoms with Crippen LogP contribution in [-0.4, -0.2) is 22.6 Å². The number of hydrogen-bond donors (Lipinski definition) is 1. The van der Waals surface area contributed by atoms with Gasteiger partial charge in [0.25, 0.3) is 5.56 Å². The maximum atomic E-state index is 12.5. The van der Waals surface area contributed by atoms with Crippen molar-refractivity contribution in [3.8, 4) is 11.4 Å². The summed E-state index contributed by atoms with van der Waals surface area (Å²) >= 11 is 6.25. The Morgan fingerprint density at radius 1 is 1.06 bits per heavy atom. The van der Waals surface area contributed by atoms with Gasteiger partial charge in [-0.15, -0.1) is 0 Å². The van der Waals surface area contributed by atoms with E-state index in [2.05, 4.69) is 22.5 Å². The van der Waals surface area contributed by atoms with Gasteiger partial charge in [-0.2, -0.15) is 14.9 Å². The van der Waals surface area contributed by atoms with Gasteiger partial charge in [-0.25, -0.2) is 0 Å². The third kappa shape index (κ3) is 6.43. The lowest BCUT2D eigenvalue weighted by atomic mass is 10.2. The molecule has 0 amide bonds. The van der Waals surface area contributed by atoms with Crippen molar-refractivity contribution in [3.05, 3.63) is 81.7 Å². The zero-order valence-corrected chi connectivity index (χ0v) is 18.4. The standard InChI is InChI=1S/C24H27ClN4O2/c1-2-3-4-5-11-16-31-22-15-10-9-12-19(22)17-26-28-21-18-27-29(24(30)23(21)25)20-13-7-6-8-14-20/h6-10,12-15,17-18,28H,2-5,11,16H2,1H3/b26-17-. The number of benzene rings is 2. The van der Waals surface area contributed by atoms with E-state index in [1.54, 1.807) is 18.3 Å². The van der Waals surface area contributed by atoms with Gasteiger partial charge in [0.2, 0.25) is 0 Å². The summed E-state index contributed by atoms with van der Waals surface area (Å²) in [5.74, 6) is 0.771. The summed E-state index contributed by atoms with van der Waals surface area (Å²) in [6.07, 6.45) is 9.06. The fraction of sp³-hybridized carbons (Fsp3) is 0.292. The molecule has 1 heterocycles. The highest BCUT2D eigenvalue weighted by Gasteiger charge is 2.10. The first kappa shape index (κ1) is 22.6. The SMILES string of the molecule is CCCCCCCOc1ccccc1/C=N\Nc1cnn(-c2ccccc2)c(=O)c1Cl. The zero-order chi connectivity index (χ0) is 21.9. The lowest BCUT2D eigenvalue weighted by molar-refractivity contribution is 0.304. The van der Waals surface area contributed by atoms with Gasteiger partial charge in [-0.1, -0.05) is 74.5 Å². The molecule has 6 nitrogen and oxygen atoms in total. The smallest absolute Gasteiger partial charge is 0.292 e. The number of halogens is 1. The number of ether oxygens (including phenoxy) is 1. The van der Waals surface area contributed by atoms with Crippen molar-refractivity contribution < 1.29 is 4.74 Å². The maximum Gasteiger partial charge on any atom is 0.292 e. The molecule has 3 aromatic rings. The third-order valence-corrected chi connectivity index (χ3v) is 5.10. The fourth-order valence-electron chi connectivity index (χ4n) is 3.04. The summed E-state index contributed by atoms with van der Waals surface area (Å²) in [4.78, 5) is 12.5. The van der Waals surface area contributed by atoms with E-state index in [1.165, 1.54) is 36.6 Å². The minimum Gasteiger partial charge on any atom is -0.493 e. The highest BCUT2D eigenvalue weighted by molar-refractivity contribution is 6.32. The predicted molar refractivity (Wildman–Crippen MR) is 127 cm³/mol. The fourth-order valence-corrected chi connectivity index (χ4v) is 3.21. The van der Waals surface area contributed by atoms with Gasteiger partial charge in [0.05, 0.1) is 24.7 Å². The average molecular weight is 439 g/mol. The van der Waals surface area contributed by atoms with Crippen molar-refractivity contribution in [2.45, 2.75) is 39.0 Å². The Hall–Kier alpha value is -3.12. The Balaban J connectivity index is 1.63. The Morgan fingerprint density at radius 2 is 1.81 bits per heavy atom. The lowest BCUT2D eigenvalue weighted by Gasteiger charge is -2.09. The molecular formula is C24H27ClN4O2. The number of nitrogens with one attached hydrogen (secondary N) is 1. The van der Waals surface area contributed by atoms with Crippen LogP contribution in [0.4, 0.5) is 5.69 Å². The zero-order valence-electron chi connectivity index (χ0n) is 17.6. The molecule has 0 saturated carbocycles. The van der Waals surface area contributed by atoms with Gasteiger partial charge in [0.15, 0.2) is 0 Å². The second kappa shape index (κ2) is 11.9. The Morgan fingerprint density at radius 3 is 2.61 bits per heavy atom. The van der Waals surface area contributed by atoms with Crippen LogP contribution in [0.3, 0.4) is 0 Å². The molecule has 0 fully saturated rings. The molecule has 2 aromatic carbocycles. The van der Waals surface area contributed by atoms with Gasteiger partial charge >= 0.3 is 0 Å². The molecule has 1 aromatic heterocycles. The van der Waals surface area contributed by atoms with E-state index < -0.39 is 5.56 Å². The van der Waals surface area contributed by atoms with Crippen LogP contribution in [0.25, 0.3) is 5.69 Å².